The maximum atomic E-state index is 13.1. The van der Waals surface area contributed by atoms with E-state index < -0.39 is 5.82 Å². The number of nitrogens with one attached hydrogen (secondary N) is 1. The number of amides is 1. The minimum absolute atomic E-state index is 0.146. The summed E-state index contributed by atoms with van der Waals surface area (Å²) in [5.41, 5.74) is 1.61. The molecule has 1 aliphatic rings. The van der Waals surface area contributed by atoms with Crippen molar-refractivity contribution >= 4 is 34.8 Å². The van der Waals surface area contributed by atoms with Gasteiger partial charge in [-0.3, -0.25) is 14.6 Å². The van der Waals surface area contributed by atoms with Crippen LogP contribution in [0.3, 0.4) is 0 Å². The van der Waals surface area contributed by atoms with Crippen LogP contribution in [-0.2, 0) is 11.3 Å². The van der Waals surface area contributed by atoms with Gasteiger partial charge < -0.3 is 5.32 Å². The third-order valence-corrected chi connectivity index (χ3v) is 5.37. The second-order valence-electron chi connectivity index (χ2n) is 6.73. The lowest BCUT2D eigenvalue weighted by atomic mass is 10.1. The highest BCUT2D eigenvalue weighted by Crippen LogP contribution is 2.23. The third kappa shape index (κ3) is 5.42. The maximum Gasteiger partial charge on any atom is 0.241 e. The molecule has 1 fully saturated rings. The highest BCUT2D eigenvalue weighted by molar-refractivity contribution is 6.33. The zero-order valence-electron chi connectivity index (χ0n) is 15.1. The van der Waals surface area contributed by atoms with Crippen LogP contribution in [0.4, 0.5) is 10.1 Å². The molecule has 2 aromatic rings. The molecule has 0 bridgehead atoms. The maximum absolute atomic E-state index is 13.1. The second kappa shape index (κ2) is 9.02. The predicted molar refractivity (Wildman–Crippen MR) is 108 cm³/mol. The molecule has 1 saturated heterocycles. The van der Waals surface area contributed by atoms with Gasteiger partial charge in [0.15, 0.2) is 0 Å². The van der Waals surface area contributed by atoms with Gasteiger partial charge in [-0.05, 0) is 42.8 Å². The number of halogens is 3. The molecule has 0 aromatic heterocycles. The fourth-order valence-corrected chi connectivity index (χ4v) is 3.62. The van der Waals surface area contributed by atoms with Gasteiger partial charge >= 0.3 is 0 Å². The molecule has 3 rings (SSSR count). The Kier molecular flexibility index (Phi) is 6.71. The van der Waals surface area contributed by atoms with E-state index in [4.69, 9.17) is 23.2 Å². The Hall–Kier alpha value is -1.66. The van der Waals surface area contributed by atoms with E-state index in [2.05, 4.69) is 21.2 Å². The van der Waals surface area contributed by atoms with E-state index in [1.165, 1.54) is 23.8 Å². The van der Waals surface area contributed by atoms with Crippen molar-refractivity contribution in [2.24, 2.45) is 0 Å². The molecule has 7 heteroatoms. The molecule has 0 saturated carbocycles. The number of anilines is 1. The van der Waals surface area contributed by atoms with Crippen LogP contribution in [0.15, 0.2) is 42.5 Å². The first-order valence-electron chi connectivity index (χ1n) is 8.89. The monoisotopic (exact) mass is 409 g/mol. The van der Waals surface area contributed by atoms with E-state index >= 15 is 0 Å². The fourth-order valence-electron chi connectivity index (χ4n) is 3.20. The van der Waals surface area contributed by atoms with Crippen LogP contribution in [0.2, 0.25) is 10.0 Å². The summed E-state index contributed by atoms with van der Waals surface area (Å²) in [4.78, 5) is 17.0. The van der Waals surface area contributed by atoms with E-state index in [-0.39, 0.29) is 17.0 Å². The van der Waals surface area contributed by atoms with Gasteiger partial charge in [0.2, 0.25) is 5.91 Å². The third-order valence-electron chi connectivity index (χ3n) is 4.82. The van der Waals surface area contributed by atoms with Gasteiger partial charge in [0.25, 0.3) is 0 Å². The van der Waals surface area contributed by atoms with Gasteiger partial charge in [-0.2, -0.15) is 0 Å². The van der Waals surface area contributed by atoms with E-state index in [0.29, 0.717) is 5.69 Å². The summed E-state index contributed by atoms with van der Waals surface area (Å²) < 4.78 is 13.1. The van der Waals surface area contributed by atoms with Crippen molar-refractivity contribution in [3.63, 3.8) is 0 Å². The highest BCUT2D eigenvalue weighted by atomic mass is 35.5. The SMILES string of the molecule is C[C@@H](C(=O)Nc1ccc(F)cc1Cl)N1CCN(Cc2cccc(Cl)c2)CC1. The molecule has 1 amide bonds. The van der Waals surface area contributed by atoms with Gasteiger partial charge in [0.05, 0.1) is 16.8 Å². The second-order valence-corrected chi connectivity index (χ2v) is 7.58. The Bertz CT molecular complexity index is 810. The summed E-state index contributed by atoms with van der Waals surface area (Å²) in [6, 6.07) is 11.5. The van der Waals surface area contributed by atoms with E-state index in [1.807, 2.05) is 25.1 Å². The van der Waals surface area contributed by atoms with Crippen LogP contribution >= 0.6 is 23.2 Å². The van der Waals surface area contributed by atoms with Crippen molar-refractivity contribution in [1.82, 2.24) is 9.80 Å². The largest absolute Gasteiger partial charge is 0.323 e. The summed E-state index contributed by atoms with van der Waals surface area (Å²) in [6.45, 7) is 6.07. The topological polar surface area (TPSA) is 35.6 Å². The lowest BCUT2D eigenvalue weighted by Crippen LogP contribution is -2.52. The predicted octanol–water partition coefficient (Wildman–Crippen LogP) is 4.28. The van der Waals surface area contributed by atoms with Gasteiger partial charge in [-0.25, -0.2) is 4.39 Å². The number of rotatable bonds is 5. The number of nitrogens with zero attached hydrogens (tertiary/aromatic N) is 2. The van der Waals surface area contributed by atoms with Crippen LogP contribution in [0.25, 0.3) is 0 Å². The van der Waals surface area contributed by atoms with Crippen LogP contribution in [0.5, 0.6) is 0 Å². The van der Waals surface area contributed by atoms with Crippen LogP contribution in [0.1, 0.15) is 12.5 Å². The number of hydrogen-bond acceptors (Lipinski definition) is 3. The summed E-state index contributed by atoms with van der Waals surface area (Å²) >= 11 is 12.0. The van der Waals surface area contributed by atoms with E-state index in [9.17, 15) is 9.18 Å². The number of carbonyl (C=O) groups is 1. The number of benzene rings is 2. The molecule has 0 spiro atoms. The van der Waals surface area contributed by atoms with Crippen LogP contribution in [-0.4, -0.2) is 47.9 Å². The molecule has 0 unspecified atom stereocenters. The molecule has 0 radical (unpaired) electrons. The van der Waals surface area contributed by atoms with Crippen LogP contribution in [0, 0.1) is 5.82 Å². The van der Waals surface area contributed by atoms with E-state index in [0.717, 1.165) is 37.7 Å². The van der Waals surface area contributed by atoms with Crippen LogP contribution < -0.4 is 5.32 Å². The summed E-state index contributed by atoms with van der Waals surface area (Å²) in [5, 5.41) is 3.73. The molecule has 4 nitrogen and oxygen atoms in total. The Labute approximate surface area is 168 Å². The van der Waals surface area contributed by atoms with Gasteiger partial charge in [0, 0.05) is 37.7 Å². The molecule has 1 heterocycles. The minimum atomic E-state index is -0.429. The average Bonchev–Trinajstić information content (AvgIpc) is 2.64. The zero-order valence-corrected chi connectivity index (χ0v) is 16.6. The smallest absolute Gasteiger partial charge is 0.241 e. The lowest BCUT2D eigenvalue weighted by molar-refractivity contribution is -0.121. The molecular formula is C20H22Cl2FN3O. The normalized spacial score (nSPS) is 16.9. The number of piperazine rings is 1. The first-order chi connectivity index (χ1) is 12.9. The van der Waals surface area contributed by atoms with Crippen molar-refractivity contribution < 1.29 is 9.18 Å². The Balaban J connectivity index is 1.51. The molecule has 1 N–H and O–H groups in total. The molecule has 144 valence electrons. The molecule has 1 aliphatic heterocycles. The summed E-state index contributed by atoms with van der Waals surface area (Å²) in [6.07, 6.45) is 0. The van der Waals surface area contributed by atoms with Crippen molar-refractivity contribution in [2.45, 2.75) is 19.5 Å². The van der Waals surface area contributed by atoms with Gasteiger partial charge in [0.1, 0.15) is 5.82 Å². The fraction of sp³-hybridized carbons (Fsp3) is 0.350. The first kappa shape index (κ1) is 20.1. The van der Waals surface area contributed by atoms with Crippen molar-refractivity contribution in [3.8, 4) is 0 Å². The lowest BCUT2D eigenvalue weighted by Gasteiger charge is -2.37. The summed E-state index contributed by atoms with van der Waals surface area (Å²) in [7, 11) is 0. The molecule has 0 aliphatic carbocycles. The number of carbonyl (C=O) groups excluding carboxylic acids is 1. The number of hydrogen-bond donors (Lipinski definition) is 1. The minimum Gasteiger partial charge on any atom is -0.323 e. The molecular weight excluding hydrogens is 388 g/mol. The van der Waals surface area contributed by atoms with Crippen molar-refractivity contribution in [2.75, 3.05) is 31.5 Å². The standard InChI is InChI=1S/C20H22Cl2FN3O/c1-14(20(27)24-19-6-5-17(23)12-18(19)22)26-9-7-25(8-10-26)13-15-3-2-4-16(21)11-15/h2-6,11-12,14H,7-10,13H2,1H3,(H,24,27)/t14-/m0/s1. The molecule has 1 atom stereocenters. The van der Waals surface area contributed by atoms with Crippen molar-refractivity contribution in [3.05, 3.63) is 63.9 Å². The van der Waals surface area contributed by atoms with Gasteiger partial charge in [-0.15, -0.1) is 0 Å². The summed E-state index contributed by atoms with van der Waals surface area (Å²) in [5.74, 6) is -0.575. The first-order valence-corrected chi connectivity index (χ1v) is 9.65. The van der Waals surface area contributed by atoms with E-state index in [1.54, 1.807) is 0 Å². The quantitative estimate of drug-likeness (QED) is 0.800. The molecule has 27 heavy (non-hydrogen) atoms. The zero-order chi connectivity index (χ0) is 19.4. The Morgan fingerprint density at radius 2 is 1.89 bits per heavy atom. The highest BCUT2D eigenvalue weighted by Gasteiger charge is 2.26. The Morgan fingerprint density at radius 1 is 1.15 bits per heavy atom. The average molecular weight is 410 g/mol. The van der Waals surface area contributed by atoms with Gasteiger partial charge in [-0.1, -0.05) is 35.3 Å². The molecule has 2 aromatic carbocycles. The Morgan fingerprint density at radius 3 is 2.56 bits per heavy atom. The van der Waals surface area contributed by atoms with Crippen molar-refractivity contribution in [1.29, 1.82) is 0 Å².